The van der Waals surface area contributed by atoms with Crippen molar-refractivity contribution in [2.24, 2.45) is 0 Å². The zero-order valence-corrected chi connectivity index (χ0v) is 14.6. The number of amides is 2. The van der Waals surface area contributed by atoms with E-state index in [1.54, 1.807) is 36.4 Å². The van der Waals surface area contributed by atoms with Crippen LogP contribution in [0.2, 0.25) is 5.15 Å². The van der Waals surface area contributed by atoms with E-state index in [2.05, 4.69) is 4.98 Å². The van der Waals surface area contributed by atoms with Crippen molar-refractivity contribution < 1.29 is 18.7 Å². The molecule has 5 nitrogen and oxygen atoms in total. The molecule has 0 spiro atoms. The number of carbonyl (C=O) groups is 2. The average Bonchev–Trinajstić information content (AvgIpc) is 2.93. The van der Waals surface area contributed by atoms with E-state index < -0.39 is 17.6 Å². The van der Waals surface area contributed by atoms with Crippen LogP contribution in [0.15, 0.2) is 60.8 Å². The van der Waals surface area contributed by atoms with Crippen molar-refractivity contribution in [3.8, 4) is 5.75 Å². The molecule has 3 aromatic rings. The Balaban J connectivity index is 1.62. The molecule has 1 aliphatic rings. The van der Waals surface area contributed by atoms with Gasteiger partial charge in [0.25, 0.3) is 11.8 Å². The Morgan fingerprint density at radius 2 is 1.67 bits per heavy atom. The van der Waals surface area contributed by atoms with Crippen LogP contribution in [0.25, 0.3) is 0 Å². The molecule has 0 unspecified atom stereocenters. The van der Waals surface area contributed by atoms with Gasteiger partial charge in [-0.3, -0.25) is 9.59 Å². The highest BCUT2D eigenvalue weighted by molar-refractivity contribution is 6.34. The second kappa shape index (κ2) is 6.81. The molecule has 0 saturated carbocycles. The van der Waals surface area contributed by atoms with Gasteiger partial charge in [0.15, 0.2) is 11.6 Å². The standard InChI is InChI=1S/C20H12ClFN2O3/c21-17-9-8-12(10-23-17)11-27-16-7-3-6-15(18(16)22)24-19(25)13-4-1-2-5-14(13)20(24)26/h1-10H,11H2. The highest BCUT2D eigenvalue weighted by Gasteiger charge is 2.38. The number of fused-ring (bicyclic) bond motifs is 1. The van der Waals surface area contributed by atoms with Crippen LogP contribution in [-0.2, 0) is 6.61 Å². The van der Waals surface area contributed by atoms with Gasteiger partial charge >= 0.3 is 0 Å². The molecule has 1 aliphatic heterocycles. The third-order valence-electron chi connectivity index (χ3n) is 4.16. The van der Waals surface area contributed by atoms with Crippen molar-refractivity contribution >= 4 is 29.1 Å². The van der Waals surface area contributed by atoms with E-state index in [4.69, 9.17) is 16.3 Å². The van der Waals surface area contributed by atoms with E-state index in [-0.39, 0.29) is 29.2 Å². The van der Waals surface area contributed by atoms with Crippen LogP contribution in [-0.4, -0.2) is 16.8 Å². The summed E-state index contributed by atoms with van der Waals surface area (Å²) >= 11 is 5.73. The number of hydrogen-bond donors (Lipinski definition) is 0. The lowest BCUT2D eigenvalue weighted by Crippen LogP contribution is -2.30. The summed E-state index contributed by atoms with van der Waals surface area (Å²) in [5.74, 6) is -1.98. The minimum absolute atomic E-state index is 0.0622. The van der Waals surface area contributed by atoms with Crippen LogP contribution in [0.4, 0.5) is 10.1 Å². The molecule has 7 heteroatoms. The number of benzene rings is 2. The lowest BCUT2D eigenvalue weighted by Gasteiger charge is -2.17. The fourth-order valence-electron chi connectivity index (χ4n) is 2.84. The van der Waals surface area contributed by atoms with Gasteiger partial charge in [-0.25, -0.2) is 14.3 Å². The molecule has 0 saturated heterocycles. The molecule has 0 aliphatic carbocycles. The summed E-state index contributed by atoms with van der Waals surface area (Å²) in [5.41, 5.74) is 1.05. The largest absolute Gasteiger partial charge is 0.486 e. The van der Waals surface area contributed by atoms with E-state index in [9.17, 15) is 14.0 Å². The average molecular weight is 383 g/mol. The van der Waals surface area contributed by atoms with Gasteiger partial charge in [-0.15, -0.1) is 0 Å². The molecule has 0 N–H and O–H groups in total. The molecule has 134 valence electrons. The van der Waals surface area contributed by atoms with Crippen molar-refractivity contribution in [1.29, 1.82) is 0 Å². The molecule has 1 aromatic heterocycles. The Hall–Kier alpha value is -3.25. The van der Waals surface area contributed by atoms with Gasteiger partial charge in [-0.2, -0.15) is 0 Å². The first-order valence-corrected chi connectivity index (χ1v) is 8.43. The number of nitrogens with zero attached hydrogens (tertiary/aromatic N) is 2. The second-order valence-electron chi connectivity index (χ2n) is 5.86. The highest BCUT2D eigenvalue weighted by atomic mass is 35.5. The predicted molar refractivity (Wildman–Crippen MR) is 97.6 cm³/mol. The fourth-order valence-corrected chi connectivity index (χ4v) is 2.96. The molecular weight excluding hydrogens is 371 g/mol. The second-order valence-corrected chi connectivity index (χ2v) is 6.25. The quantitative estimate of drug-likeness (QED) is 0.500. The number of rotatable bonds is 4. The Labute approximate surface area is 159 Å². The zero-order valence-electron chi connectivity index (χ0n) is 13.9. The molecule has 4 rings (SSSR count). The van der Waals surface area contributed by atoms with Crippen molar-refractivity contribution in [2.75, 3.05) is 4.90 Å². The first-order valence-electron chi connectivity index (χ1n) is 8.06. The number of imide groups is 1. The van der Waals surface area contributed by atoms with Crippen molar-refractivity contribution in [1.82, 2.24) is 4.98 Å². The van der Waals surface area contributed by atoms with Gasteiger partial charge in [0.05, 0.1) is 16.8 Å². The Morgan fingerprint density at radius 1 is 0.963 bits per heavy atom. The molecule has 2 aromatic carbocycles. The lowest BCUT2D eigenvalue weighted by atomic mass is 10.1. The van der Waals surface area contributed by atoms with Crippen LogP contribution in [0.5, 0.6) is 5.75 Å². The molecule has 0 atom stereocenters. The number of halogens is 2. The minimum Gasteiger partial charge on any atom is -0.486 e. The lowest BCUT2D eigenvalue weighted by molar-refractivity contribution is 0.0924. The van der Waals surface area contributed by atoms with Gasteiger partial charge in [0.1, 0.15) is 11.8 Å². The number of hydrogen-bond acceptors (Lipinski definition) is 4. The Kier molecular flexibility index (Phi) is 4.33. The summed E-state index contributed by atoms with van der Waals surface area (Å²) in [6.07, 6.45) is 1.52. The molecule has 27 heavy (non-hydrogen) atoms. The molecule has 0 radical (unpaired) electrons. The predicted octanol–water partition coefficient (Wildman–Crippen LogP) is 4.25. The number of anilines is 1. The summed E-state index contributed by atoms with van der Waals surface area (Å²) in [6.45, 7) is 0.0622. The van der Waals surface area contributed by atoms with E-state index in [0.717, 1.165) is 4.90 Å². The fraction of sp³-hybridized carbons (Fsp3) is 0.0500. The molecule has 0 fully saturated rings. The van der Waals surface area contributed by atoms with E-state index >= 15 is 0 Å². The van der Waals surface area contributed by atoms with Gasteiger partial charge in [0, 0.05) is 11.8 Å². The third kappa shape index (κ3) is 3.04. The van der Waals surface area contributed by atoms with Crippen molar-refractivity contribution in [3.63, 3.8) is 0 Å². The van der Waals surface area contributed by atoms with Crippen LogP contribution in [0.1, 0.15) is 26.3 Å². The molecular formula is C20H12ClFN2O3. The molecule has 2 amide bonds. The van der Waals surface area contributed by atoms with Gasteiger partial charge in [0.2, 0.25) is 0 Å². The number of ether oxygens (including phenoxy) is 1. The smallest absolute Gasteiger partial charge is 0.266 e. The highest BCUT2D eigenvalue weighted by Crippen LogP contribution is 2.33. The zero-order chi connectivity index (χ0) is 19.0. The maximum atomic E-state index is 15.0. The van der Waals surface area contributed by atoms with Gasteiger partial charge in [-0.05, 0) is 30.3 Å². The number of aromatic nitrogens is 1. The summed E-state index contributed by atoms with van der Waals surface area (Å²) in [4.78, 5) is 29.9. The van der Waals surface area contributed by atoms with Crippen molar-refractivity contribution in [2.45, 2.75) is 6.61 Å². The number of carbonyl (C=O) groups excluding carboxylic acids is 2. The van der Waals surface area contributed by atoms with E-state index in [0.29, 0.717) is 10.7 Å². The molecule has 0 bridgehead atoms. The summed E-state index contributed by atoms with van der Waals surface area (Å²) in [7, 11) is 0. The maximum absolute atomic E-state index is 15.0. The van der Waals surface area contributed by atoms with Crippen molar-refractivity contribution in [3.05, 3.63) is 88.5 Å². The van der Waals surface area contributed by atoms with Gasteiger partial charge < -0.3 is 4.74 Å². The molecule has 2 heterocycles. The maximum Gasteiger partial charge on any atom is 0.266 e. The number of pyridine rings is 1. The van der Waals surface area contributed by atoms with Crippen LogP contribution in [0.3, 0.4) is 0 Å². The Bertz CT molecular complexity index is 1020. The van der Waals surface area contributed by atoms with Crippen LogP contribution >= 0.6 is 11.6 Å². The topological polar surface area (TPSA) is 59.5 Å². The SMILES string of the molecule is O=C1c2ccccc2C(=O)N1c1cccc(OCc2ccc(Cl)nc2)c1F. The normalized spacial score (nSPS) is 13.0. The summed E-state index contributed by atoms with van der Waals surface area (Å²) in [6, 6.07) is 14.0. The minimum atomic E-state index is -0.783. The monoisotopic (exact) mass is 382 g/mol. The van der Waals surface area contributed by atoms with E-state index in [1.807, 2.05) is 0 Å². The van der Waals surface area contributed by atoms with Crippen LogP contribution in [0, 0.1) is 5.82 Å². The first kappa shape index (κ1) is 17.2. The third-order valence-corrected chi connectivity index (χ3v) is 4.38. The Morgan fingerprint density at radius 3 is 2.30 bits per heavy atom. The summed E-state index contributed by atoms with van der Waals surface area (Å²) < 4.78 is 20.5. The van der Waals surface area contributed by atoms with E-state index in [1.165, 1.54) is 24.4 Å². The summed E-state index contributed by atoms with van der Waals surface area (Å²) in [5, 5.41) is 0.345. The van der Waals surface area contributed by atoms with Gasteiger partial charge in [-0.1, -0.05) is 35.9 Å². The van der Waals surface area contributed by atoms with Crippen LogP contribution < -0.4 is 9.64 Å². The first-order chi connectivity index (χ1) is 13.1.